The highest BCUT2D eigenvalue weighted by Gasteiger charge is 2.24. The molecule has 0 aromatic heterocycles. The number of benzene rings is 3. The molecule has 0 radical (unpaired) electrons. The molecule has 26 heavy (non-hydrogen) atoms. The maximum absolute atomic E-state index is 12.1. The summed E-state index contributed by atoms with van der Waals surface area (Å²) in [5.74, 6) is -0.325. The number of methoxy groups -OCH3 is 1. The summed E-state index contributed by atoms with van der Waals surface area (Å²) < 4.78 is 5.40. The Kier molecular flexibility index (Phi) is 3.85. The Bertz CT molecular complexity index is 1120. The molecule has 0 spiro atoms. The van der Waals surface area contributed by atoms with E-state index in [1.165, 1.54) is 0 Å². The fourth-order valence-electron chi connectivity index (χ4n) is 2.97. The molecule has 0 bridgehead atoms. The van der Waals surface area contributed by atoms with Crippen LogP contribution >= 0.6 is 0 Å². The monoisotopic (exact) mass is 343 g/mol. The molecule has 1 aliphatic rings. The van der Waals surface area contributed by atoms with Crippen LogP contribution in [-0.2, 0) is 0 Å². The number of azo groups is 1. The van der Waals surface area contributed by atoms with Crippen LogP contribution in [0.25, 0.3) is 10.8 Å². The molecule has 0 fully saturated rings. The van der Waals surface area contributed by atoms with Crippen LogP contribution in [0.1, 0.15) is 26.3 Å². The zero-order valence-corrected chi connectivity index (χ0v) is 13.8. The summed E-state index contributed by atoms with van der Waals surface area (Å²) in [5, 5.41) is 8.67. The Morgan fingerprint density at radius 1 is 0.885 bits per heavy atom. The van der Waals surface area contributed by atoms with E-state index in [1.807, 2.05) is 36.4 Å². The zero-order valence-electron chi connectivity index (χ0n) is 13.8. The van der Waals surface area contributed by atoms with E-state index in [1.54, 1.807) is 31.5 Å². The Morgan fingerprint density at radius 2 is 1.65 bits per heavy atom. The van der Waals surface area contributed by atoms with Crippen molar-refractivity contribution in [3.05, 3.63) is 71.3 Å². The van der Waals surface area contributed by atoms with Crippen molar-refractivity contribution in [2.75, 3.05) is 7.11 Å². The minimum absolute atomic E-state index is 0.182. The van der Waals surface area contributed by atoms with Crippen LogP contribution in [0.2, 0.25) is 0 Å². The fraction of sp³-hybridized carbons (Fsp3) is 0.0500. The Balaban J connectivity index is 1.82. The number of nitrogens with zero attached hydrogens (tertiary/aromatic N) is 3. The quantitative estimate of drug-likeness (QED) is 0.663. The topological polar surface area (TPSA) is 80.4 Å². The van der Waals surface area contributed by atoms with Crippen LogP contribution in [0.15, 0.2) is 69.8 Å². The van der Waals surface area contributed by atoms with E-state index in [9.17, 15) is 9.59 Å². The molecule has 126 valence electrons. The second-order valence-electron chi connectivity index (χ2n) is 5.67. The third-order valence-electron chi connectivity index (χ3n) is 4.20. The number of amides is 2. The molecule has 0 atom stereocenters. The molecule has 3 aromatic carbocycles. The number of hydrogen-bond donors (Lipinski definition) is 0. The summed E-state index contributed by atoms with van der Waals surface area (Å²) in [6, 6.07) is 16.5. The first-order chi connectivity index (χ1) is 12.7. The van der Waals surface area contributed by atoms with Gasteiger partial charge in [0.2, 0.25) is 0 Å². The van der Waals surface area contributed by atoms with Gasteiger partial charge in [0.1, 0.15) is 5.75 Å². The van der Waals surface area contributed by atoms with Gasteiger partial charge in [-0.15, -0.1) is 10.2 Å². The summed E-state index contributed by atoms with van der Waals surface area (Å²) in [7, 11) is 1.63. The van der Waals surface area contributed by atoms with Gasteiger partial charge in [-0.05, 0) is 29.7 Å². The lowest BCUT2D eigenvalue weighted by atomic mass is 10.0. The van der Waals surface area contributed by atoms with Crippen LogP contribution < -0.4 is 4.74 Å². The highest BCUT2D eigenvalue weighted by atomic mass is 16.5. The van der Waals surface area contributed by atoms with Crippen molar-refractivity contribution in [1.29, 1.82) is 0 Å². The average Bonchev–Trinajstić information content (AvgIpc) is 2.69. The number of hydrogen-bond acceptors (Lipinski definition) is 4. The maximum Gasteiger partial charge on any atom is 0.298 e. The number of aliphatic imine (C=N–C) groups is 1. The smallest absolute Gasteiger partial charge is 0.298 e. The van der Waals surface area contributed by atoms with Crippen molar-refractivity contribution >= 4 is 34.5 Å². The summed E-state index contributed by atoms with van der Waals surface area (Å²) in [6.07, 6.45) is 1.67. The predicted octanol–water partition coefficient (Wildman–Crippen LogP) is 4.35. The summed E-state index contributed by atoms with van der Waals surface area (Å²) >= 11 is 0. The molecule has 0 N–H and O–H groups in total. The Morgan fingerprint density at radius 3 is 2.46 bits per heavy atom. The summed E-state index contributed by atoms with van der Waals surface area (Å²) in [6.45, 7) is 0. The predicted molar refractivity (Wildman–Crippen MR) is 97.7 cm³/mol. The third-order valence-corrected chi connectivity index (χ3v) is 4.20. The Hall–Kier alpha value is -3.67. The highest BCUT2D eigenvalue weighted by molar-refractivity contribution is 6.14. The summed E-state index contributed by atoms with van der Waals surface area (Å²) in [4.78, 5) is 28.3. The van der Waals surface area contributed by atoms with Crippen molar-refractivity contribution < 1.29 is 14.3 Å². The normalized spacial score (nSPS) is 13.4. The van der Waals surface area contributed by atoms with Gasteiger partial charge >= 0.3 is 0 Å². The van der Waals surface area contributed by atoms with Crippen molar-refractivity contribution in [3.63, 3.8) is 0 Å². The van der Waals surface area contributed by atoms with E-state index in [0.717, 1.165) is 22.1 Å². The zero-order chi connectivity index (χ0) is 18.1. The first-order valence-corrected chi connectivity index (χ1v) is 7.92. The molecule has 0 saturated heterocycles. The van der Waals surface area contributed by atoms with Crippen molar-refractivity contribution in [2.24, 2.45) is 15.2 Å². The van der Waals surface area contributed by atoms with Crippen LogP contribution in [-0.4, -0.2) is 25.1 Å². The number of ether oxygens (including phenoxy) is 1. The van der Waals surface area contributed by atoms with Gasteiger partial charge in [0.05, 0.1) is 23.9 Å². The van der Waals surface area contributed by atoms with Gasteiger partial charge in [-0.1, -0.05) is 30.3 Å². The molecule has 1 heterocycles. The molecule has 3 aromatic rings. The molecule has 4 rings (SSSR count). The maximum atomic E-state index is 12.1. The van der Waals surface area contributed by atoms with Gasteiger partial charge in [0.15, 0.2) is 0 Å². The van der Waals surface area contributed by atoms with Crippen molar-refractivity contribution in [1.82, 2.24) is 0 Å². The first-order valence-electron chi connectivity index (χ1n) is 7.92. The minimum Gasteiger partial charge on any atom is -0.496 e. The molecule has 1 aliphatic heterocycles. The number of rotatable bonds is 3. The van der Waals surface area contributed by atoms with Gasteiger partial charge in [-0.25, -0.2) is 0 Å². The molecule has 6 nitrogen and oxygen atoms in total. The standard InChI is InChI=1S/C20H13N3O3/c1-26-17-10-9-12(13-5-2-3-6-14(13)17)11-21-16-8-4-7-15-18(16)20(25)23-22-19(15)24/h2-11H,1H3. The van der Waals surface area contributed by atoms with Crippen LogP contribution in [0.4, 0.5) is 5.69 Å². The van der Waals surface area contributed by atoms with E-state index in [4.69, 9.17) is 4.74 Å². The average molecular weight is 343 g/mol. The fourth-order valence-corrected chi connectivity index (χ4v) is 2.97. The molecule has 2 amide bonds. The number of fused-ring (bicyclic) bond motifs is 2. The third kappa shape index (κ3) is 2.57. The number of carbonyl (C=O) groups excluding carboxylic acids is 2. The van der Waals surface area contributed by atoms with E-state index >= 15 is 0 Å². The second kappa shape index (κ2) is 6.33. The lowest BCUT2D eigenvalue weighted by Gasteiger charge is -2.10. The van der Waals surface area contributed by atoms with Crippen LogP contribution in [0, 0.1) is 0 Å². The van der Waals surface area contributed by atoms with Gasteiger partial charge in [-0.3, -0.25) is 14.6 Å². The van der Waals surface area contributed by atoms with Crippen LogP contribution in [0.5, 0.6) is 5.75 Å². The van der Waals surface area contributed by atoms with Gasteiger partial charge in [0, 0.05) is 17.2 Å². The van der Waals surface area contributed by atoms with E-state index in [-0.39, 0.29) is 11.1 Å². The number of carbonyl (C=O) groups is 2. The first kappa shape index (κ1) is 15.8. The molecule has 6 heteroatoms. The van der Waals surface area contributed by atoms with Gasteiger partial charge < -0.3 is 4.74 Å². The molecule has 0 saturated carbocycles. The molecule has 0 aliphatic carbocycles. The molecular formula is C20H13N3O3. The van der Waals surface area contributed by atoms with E-state index in [0.29, 0.717) is 5.69 Å². The lowest BCUT2D eigenvalue weighted by Crippen LogP contribution is -2.11. The second-order valence-corrected chi connectivity index (χ2v) is 5.67. The van der Waals surface area contributed by atoms with E-state index < -0.39 is 11.8 Å². The lowest BCUT2D eigenvalue weighted by molar-refractivity contribution is 0.0921. The minimum atomic E-state index is -0.563. The largest absolute Gasteiger partial charge is 0.496 e. The Labute approximate surface area is 148 Å². The van der Waals surface area contributed by atoms with Gasteiger partial charge in [-0.2, -0.15) is 0 Å². The molecular weight excluding hydrogens is 330 g/mol. The SMILES string of the molecule is COc1ccc(C=Nc2cccc3c2C(=O)N=NC3=O)c2ccccc12. The van der Waals surface area contributed by atoms with Crippen LogP contribution in [0.3, 0.4) is 0 Å². The van der Waals surface area contributed by atoms with Gasteiger partial charge in [0.25, 0.3) is 11.8 Å². The molecule has 0 unspecified atom stereocenters. The van der Waals surface area contributed by atoms with Crippen molar-refractivity contribution in [3.8, 4) is 5.75 Å². The summed E-state index contributed by atoms with van der Waals surface area (Å²) in [5.41, 5.74) is 1.66. The van der Waals surface area contributed by atoms with Crippen molar-refractivity contribution in [2.45, 2.75) is 0 Å². The van der Waals surface area contributed by atoms with E-state index in [2.05, 4.69) is 15.2 Å². The highest BCUT2D eigenvalue weighted by Crippen LogP contribution is 2.30.